The summed E-state index contributed by atoms with van der Waals surface area (Å²) < 4.78 is 0. The molecule has 1 aromatic carbocycles. The first kappa shape index (κ1) is 17.2. The molecule has 0 aliphatic rings. The third-order valence-electron chi connectivity index (χ3n) is 3.60. The minimum absolute atomic E-state index is 0.156. The van der Waals surface area contributed by atoms with E-state index in [1.54, 1.807) is 60.9 Å². The number of nitrogens with zero attached hydrogens (tertiary/aromatic N) is 2. The molecule has 126 valence electrons. The molecule has 0 saturated carbocycles. The Hall–Kier alpha value is -3.66. The molecule has 26 heavy (non-hydrogen) atoms. The summed E-state index contributed by atoms with van der Waals surface area (Å²) in [4.78, 5) is 32.2. The van der Waals surface area contributed by atoms with E-state index in [9.17, 15) is 9.59 Å². The molecule has 0 unspecified atom stereocenters. The predicted octanol–water partition coefficient (Wildman–Crippen LogP) is 4.27. The van der Waals surface area contributed by atoms with Gasteiger partial charge < -0.3 is 0 Å². The van der Waals surface area contributed by atoms with Crippen molar-refractivity contribution in [3.63, 3.8) is 0 Å². The molecule has 0 saturated heterocycles. The zero-order chi connectivity index (χ0) is 18.2. The van der Waals surface area contributed by atoms with Crippen LogP contribution in [0.15, 0.2) is 85.2 Å². The van der Waals surface area contributed by atoms with Crippen LogP contribution in [-0.4, -0.2) is 21.5 Å². The van der Waals surface area contributed by atoms with E-state index in [0.717, 1.165) is 11.1 Å². The Morgan fingerprint density at radius 3 is 1.58 bits per heavy atom. The second kappa shape index (κ2) is 8.44. The molecule has 0 aliphatic heterocycles. The van der Waals surface area contributed by atoms with Gasteiger partial charge in [0.1, 0.15) is 11.4 Å². The highest BCUT2D eigenvalue weighted by molar-refractivity contribution is 6.06. The van der Waals surface area contributed by atoms with Crippen LogP contribution in [0.3, 0.4) is 0 Å². The summed E-state index contributed by atoms with van der Waals surface area (Å²) >= 11 is 0. The van der Waals surface area contributed by atoms with Crippen molar-refractivity contribution in [2.24, 2.45) is 0 Å². The van der Waals surface area contributed by atoms with Gasteiger partial charge in [0.05, 0.1) is 0 Å². The summed E-state index contributed by atoms with van der Waals surface area (Å²) in [7, 11) is 0. The van der Waals surface area contributed by atoms with Crippen molar-refractivity contribution in [1.29, 1.82) is 0 Å². The molecule has 4 nitrogen and oxygen atoms in total. The van der Waals surface area contributed by atoms with Gasteiger partial charge in [-0.15, -0.1) is 0 Å². The lowest BCUT2D eigenvalue weighted by atomic mass is 10.1. The normalized spacial score (nSPS) is 11.1. The fraction of sp³-hybridized carbons (Fsp3) is 0. The van der Waals surface area contributed by atoms with E-state index in [1.807, 2.05) is 24.3 Å². The van der Waals surface area contributed by atoms with Crippen LogP contribution in [0.25, 0.3) is 12.2 Å². The number of hydrogen-bond acceptors (Lipinski definition) is 4. The Morgan fingerprint density at radius 1 is 0.654 bits per heavy atom. The number of hydrogen-bond donors (Lipinski definition) is 0. The average Bonchev–Trinajstić information content (AvgIpc) is 2.72. The summed E-state index contributed by atoms with van der Waals surface area (Å²) in [5.41, 5.74) is 2.53. The van der Waals surface area contributed by atoms with Crippen molar-refractivity contribution in [2.75, 3.05) is 0 Å². The van der Waals surface area contributed by atoms with Gasteiger partial charge in [0.15, 0.2) is 0 Å². The molecule has 2 heterocycles. The molecule has 0 bridgehead atoms. The van der Waals surface area contributed by atoms with E-state index in [-0.39, 0.29) is 11.6 Å². The highest BCUT2D eigenvalue weighted by Crippen LogP contribution is 2.10. The maximum Gasteiger partial charge on any atom is 0.204 e. The number of carbonyl (C=O) groups is 2. The number of allylic oxidation sites excluding steroid dienone is 2. The highest BCUT2D eigenvalue weighted by atomic mass is 16.1. The quantitative estimate of drug-likeness (QED) is 0.497. The van der Waals surface area contributed by atoms with E-state index >= 15 is 0 Å². The molecule has 0 fully saturated rings. The van der Waals surface area contributed by atoms with Gasteiger partial charge in [0.25, 0.3) is 0 Å². The lowest BCUT2D eigenvalue weighted by molar-refractivity contribution is 0.103. The number of aromatic nitrogens is 2. The first-order valence-corrected chi connectivity index (χ1v) is 8.09. The van der Waals surface area contributed by atoms with Gasteiger partial charge in [0.2, 0.25) is 11.6 Å². The molecule has 0 N–H and O–H groups in total. The maximum absolute atomic E-state index is 12.1. The summed E-state index contributed by atoms with van der Waals surface area (Å²) in [6.45, 7) is 0. The molecule has 2 aromatic heterocycles. The molecule has 4 heteroatoms. The summed E-state index contributed by atoms with van der Waals surface area (Å²) in [6.07, 6.45) is 9.62. The zero-order valence-corrected chi connectivity index (χ0v) is 13.9. The van der Waals surface area contributed by atoms with Crippen LogP contribution in [0, 0.1) is 0 Å². The first-order chi connectivity index (χ1) is 12.7. The van der Waals surface area contributed by atoms with E-state index in [0.29, 0.717) is 11.4 Å². The minimum atomic E-state index is -0.156. The third-order valence-corrected chi connectivity index (χ3v) is 3.60. The smallest absolute Gasteiger partial charge is 0.204 e. The topological polar surface area (TPSA) is 59.9 Å². The summed E-state index contributed by atoms with van der Waals surface area (Å²) in [5, 5.41) is 0. The van der Waals surface area contributed by atoms with Gasteiger partial charge >= 0.3 is 0 Å². The third kappa shape index (κ3) is 4.68. The standard InChI is InChI=1S/C22H16N2O2/c25-21(19-8-1-3-14-23-19)12-10-17-6-5-7-18(16-17)11-13-22(26)20-9-2-4-15-24-20/h1-16H/b12-10+,13-11+. The van der Waals surface area contributed by atoms with E-state index < -0.39 is 0 Å². The Morgan fingerprint density at radius 2 is 1.15 bits per heavy atom. The van der Waals surface area contributed by atoms with Gasteiger partial charge in [-0.2, -0.15) is 0 Å². The zero-order valence-electron chi connectivity index (χ0n) is 13.9. The number of ketones is 2. The number of carbonyl (C=O) groups excluding carboxylic acids is 2. The Kier molecular flexibility index (Phi) is 5.58. The molecule has 0 spiro atoms. The summed E-state index contributed by atoms with van der Waals surface area (Å²) in [6, 6.07) is 18.0. The van der Waals surface area contributed by atoms with Crippen LogP contribution < -0.4 is 0 Å². The van der Waals surface area contributed by atoms with Gasteiger partial charge in [-0.25, -0.2) is 0 Å². The lowest BCUT2D eigenvalue weighted by Crippen LogP contribution is -1.97. The van der Waals surface area contributed by atoms with E-state index in [2.05, 4.69) is 9.97 Å². The van der Waals surface area contributed by atoms with Gasteiger partial charge in [-0.05, 0) is 53.6 Å². The van der Waals surface area contributed by atoms with Crippen molar-refractivity contribution in [1.82, 2.24) is 9.97 Å². The Balaban J connectivity index is 1.70. The van der Waals surface area contributed by atoms with E-state index in [4.69, 9.17) is 0 Å². The van der Waals surface area contributed by atoms with Gasteiger partial charge in [-0.3, -0.25) is 19.6 Å². The van der Waals surface area contributed by atoms with Crippen molar-refractivity contribution in [3.8, 4) is 0 Å². The van der Waals surface area contributed by atoms with E-state index in [1.165, 1.54) is 12.2 Å². The Labute approximate surface area is 151 Å². The first-order valence-electron chi connectivity index (χ1n) is 8.09. The molecule has 3 aromatic rings. The van der Waals surface area contributed by atoms with Gasteiger partial charge in [-0.1, -0.05) is 42.5 Å². The fourth-order valence-corrected chi connectivity index (χ4v) is 2.30. The SMILES string of the molecule is O=C(/C=C/c1cccc(/C=C/C(=O)c2ccccn2)c1)c1ccccn1. The second-order valence-electron chi connectivity index (χ2n) is 5.50. The molecule has 0 aliphatic carbocycles. The monoisotopic (exact) mass is 340 g/mol. The second-order valence-corrected chi connectivity index (χ2v) is 5.50. The molecule has 0 radical (unpaired) electrons. The van der Waals surface area contributed by atoms with Crippen LogP contribution in [0.2, 0.25) is 0 Å². The van der Waals surface area contributed by atoms with Crippen LogP contribution in [-0.2, 0) is 0 Å². The van der Waals surface area contributed by atoms with Crippen LogP contribution >= 0.6 is 0 Å². The minimum Gasteiger partial charge on any atom is -0.288 e. The van der Waals surface area contributed by atoms with Crippen LogP contribution in [0.4, 0.5) is 0 Å². The lowest BCUT2D eigenvalue weighted by Gasteiger charge is -1.98. The van der Waals surface area contributed by atoms with Crippen molar-refractivity contribution < 1.29 is 9.59 Å². The van der Waals surface area contributed by atoms with Crippen molar-refractivity contribution in [3.05, 3.63) is 108 Å². The van der Waals surface area contributed by atoms with Crippen molar-refractivity contribution >= 4 is 23.7 Å². The Bertz CT molecular complexity index is 885. The van der Waals surface area contributed by atoms with Crippen LogP contribution in [0.5, 0.6) is 0 Å². The fourth-order valence-electron chi connectivity index (χ4n) is 2.30. The summed E-state index contributed by atoms with van der Waals surface area (Å²) in [5.74, 6) is -0.311. The molecule has 3 rings (SSSR count). The molecular formula is C22H16N2O2. The van der Waals surface area contributed by atoms with Crippen molar-refractivity contribution in [2.45, 2.75) is 0 Å². The highest BCUT2D eigenvalue weighted by Gasteiger charge is 2.02. The molecule has 0 atom stereocenters. The number of rotatable bonds is 6. The largest absolute Gasteiger partial charge is 0.288 e. The molecular weight excluding hydrogens is 324 g/mol. The average molecular weight is 340 g/mol. The van der Waals surface area contributed by atoms with Crippen LogP contribution in [0.1, 0.15) is 32.1 Å². The predicted molar refractivity (Wildman–Crippen MR) is 102 cm³/mol. The van der Waals surface area contributed by atoms with Gasteiger partial charge in [0, 0.05) is 12.4 Å². The molecule has 0 amide bonds. The maximum atomic E-state index is 12.1. The number of benzene rings is 1. The number of pyridine rings is 2.